The summed E-state index contributed by atoms with van der Waals surface area (Å²) in [6.45, 7) is 3.82. The van der Waals surface area contributed by atoms with E-state index in [1.165, 1.54) is 18.4 Å². The maximum Gasteiger partial charge on any atom is 0.0672 e. The summed E-state index contributed by atoms with van der Waals surface area (Å²) in [5.74, 6) is 0.197. The van der Waals surface area contributed by atoms with Gasteiger partial charge >= 0.3 is 0 Å². The van der Waals surface area contributed by atoms with Gasteiger partial charge in [-0.1, -0.05) is 12.8 Å². The van der Waals surface area contributed by atoms with Gasteiger partial charge in [0, 0.05) is 18.8 Å². The van der Waals surface area contributed by atoms with Crippen molar-refractivity contribution in [3.63, 3.8) is 0 Å². The molecule has 1 saturated carbocycles. The zero-order valence-corrected chi connectivity index (χ0v) is 10.4. The van der Waals surface area contributed by atoms with Crippen LogP contribution in [0, 0.1) is 24.2 Å². The van der Waals surface area contributed by atoms with Crippen molar-refractivity contribution in [2.75, 3.05) is 6.54 Å². The van der Waals surface area contributed by atoms with Gasteiger partial charge in [-0.25, -0.2) is 0 Å². The van der Waals surface area contributed by atoms with Crippen molar-refractivity contribution in [1.82, 2.24) is 15.1 Å². The fourth-order valence-corrected chi connectivity index (χ4v) is 2.48. The summed E-state index contributed by atoms with van der Waals surface area (Å²) < 4.78 is 1.95. The second-order valence-electron chi connectivity index (χ2n) is 4.86. The Morgan fingerprint density at radius 1 is 1.53 bits per heavy atom. The Hall–Kier alpha value is -1.34. The van der Waals surface area contributed by atoms with E-state index in [9.17, 15) is 0 Å². The highest BCUT2D eigenvalue weighted by Crippen LogP contribution is 2.23. The summed E-state index contributed by atoms with van der Waals surface area (Å²) in [5.41, 5.74) is 1.19. The van der Waals surface area contributed by atoms with E-state index in [2.05, 4.69) is 16.5 Å². The van der Waals surface area contributed by atoms with Gasteiger partial charge in [0.25, 0.3) is 0 Å². The lowest BCUT2D eigenvalue weighted by molar-refractivity contribution is 0.308. The predicted octanol–water partition coefficient (Wildman–Crippen LogP) is 1.86. The van der Waals surface area contributed by atoms with Gasteiger partial charge in [0.15, 0.2) is 0 Å². The van der Waals surface area contributed by atoms with Crippen LogP contribution in [-0.4, -0.2) is 22.4 Å². The van der Waals surface area contributed by atoms with Crippen LogP contribution in [0.2, 0.25) is 0 Å². The SMILES string of the molecule is Cc1cnn(CCNC2CCCCC2C#N)c1. The molecule has 4 heteroatoms. The molecule has 0 aliphatic heterocycles. The normalized spacial score (nSPS) is 24.5. The summed E-state index contributed by atoms with van der Waals surface area (Å²) in [7, 11) is 0. The van der Waals surface area contributed by atoms with Crippen LogP contribution in [0.1, 0.15) is 31.2 Å². The van der Waals surface area contributed by atoms with Crippen LogP contribution in [0.3, 0.4) is 0 Å². The first-order valence-corrected chi connectivity index (χ1v) is 6.41. The number of rotatable bonds is 4. The van der Waals surface area contributed by atoms with Crippen molar-refractivity contribution in [2.24, 2.45) is 5.92 Å². The Kier molecular flexibility index (Phi) is 4.16. The molecule has 0 saturated heterocycles. The van der Waals surface area contributed by atoms with E-state index < -0.39 is 0 Å². The van der Waals surface area contributed by atoms with Crippen molar-refractivity contribution in [3.05, 3.63) is 18.0 Å². The van der Waals surface area contributed by atoms with E-state index in [0.717, 1.165) is 25.9 Å². The van der Waals surface area contributed by atoms with Gasteiger partial charge in [-0.15, -0.1) is 0 Å². The van der Waals surface area contributed by atoms with Gasteiger partial charge in [0.2, 0.25) is 0 Å². The zero-order chi connectivity index (χ0) is 12.1. The highest BCUT2D eigenvalue weighted by molar-refractivity contribution is 4.99. The molecular weight excluding hydrogens is 212 g/mol. The van der Waals surface area contributed by atoms with Crippen molar-refractivity contribution < 1.29 is 0 Å². The van der Waals surface area contributed by atoms with E-state index in [1.54, 1.807) is 0 Å². The van der Waals surface area contributed by atoms with Crippen LogP contribution in [0.25, 0.3) is 0 Å². The average Bonchev–Trinajstić information content (AvgIpc) is 2.76. The molecule has 1 aliphatic carbocycles. The quantitative estimate of drug-likeness (QED) is 0.862. The average molecular weight is 232 g/mol. The van der Waals surface area contributed by atoms with Gasteiger partial charge in [-0.3, -0.25) is 4.68 Å². The van der Waals surface area contributed by atoms with E-state index in [0.29, 0.717) is 6.04 Å². The molecule has 1 heterocycles. The minimum absolute atomic E-state index is 0.197. The molecule has 2 rings (SSSR count). The molecule has 1 aliphatic rings. The molecule has 1 aromatic heterocycles. The Morgan fingerprint density at radius 2 is 2.35 bits per heavy atom. The predicted molar refractivity (Wildman–Crippen MR) is 66.3 cm³/mol. The summed E-state index contributed by atoms with van der Waals surface area (Å²) >= 11 is 0. The minimum Gasteiger partial charge on any atom is -0.311 e. The van der Waals surface area contributed by atoms with Crippen LogP contribution >= 0.6 is 0 Å². The molecular formula is C13H20N4. The summed E-state index contributed by atoms with van der Waals surface area (Å²) in [6, 6.07) is 2.80. The fraction of sp³-hybridized carbons (Fsp3) is 0.692. The van der Waals surface area contributed by atoms with Crippen LogP contribution < -0.4 is 5.32 Å². The molecule has 1 aromatic rings. The summed E-state index contributed by atoms with van der Waals surface area (Å²) in [5, 5.41) is 16.8. The maximum absolute atomic E-state index is 9.07. The van der Waals surface area contributed by atoms with Gasteiger partial charge in [0.1, 0.15) is 0 Å². The Bertz CT molecular complexity index is 390. The number of nitrogens with zero attached hydrogens (tertiary/aromatic N) is 3. The second kappa shape index (κ2) is 5.83. The Labute approximate surface area is 103 Å². The van der Waals surface area contributed by atoms with Crippen LogP contribution in [0.5, 0.6) is 0 Å². The monoisotopic (exact) mass is 232 g/mol. The molecule has 1 N–H and O–H groups in total. The largest absolute Gasteiger partial charge is 0.311 e. The highest BCUT2D eigenvalue weighted by Gasteiger charge is 2.23. The molecule has 0 aromatic carbocycles. The van der Waals surface area contributed by atoms with E-state index in [4.69, 9.17) is 5.26 Å². The molecule has 0 amide bonds. The van der Waals surface area contributed by atoms with E-state index in [1.807, 2.05) is 24.0 Å². The number of hydrogen-bond acceptors (Lipinski definition) is 3. The third-order valence-corrected chi connectivity index (χ3v) is 3.44. The van der Waals surface area contributed by atoms with Crippen molar-refractivity contribution >= 4 is 0 Å². The molecule has 1 fully saturated rings. The van der Waals surface area contributed by atoms with Crippen LogP contribution in [0.4, 0.5) is 0 Å². The summed E-state index contributed by atoms with van der Waals surface area (Å²) in [6.07, 6.45) is 8.56. The molecule has 4 nitrogen and oxygen atoms in total. The zero-order valence-electron chi connectivity index (χ0n) is 10.4. The Morgan fingerprint density at radius 3 is 3.06 bits per heavy atom. The number of nitriles is 1. The maximum atomic E-state index is 9.07. The van der Waals surface area contributed by atoms with Gasteiger partial charge in [0.05, 0.1) is 24.7 Å². The lowest BCUT2D eigenvalue weighted by Crippen LogP contribution is -2.39. The number of aromatic nitrogens is 2. The summed E-state index contributed by atoms with van der Waals surface area (Å²) in [4.78, 5) is 0. The van der Waals surface area contributed by atoms with Gasteiger partial charge in [-0.05, 0) is 25.3 Å². The van der Waals surface area contributed by atoms with E-state index >= 15 is 0 Å². The third kappa shape index (κ3) is 3.31. The topological polar surface area (TPSA) is 53.6 Å². The lowest BCUT2D eigenvalue weighted by Gasteiger charge is -2.27. The minimum atomic E-state index is 0.197. The second-order valence-corrected chi connectivity index (χ2v) is 4.86. The first-order valence-electron chi connectivity index (χ1n) is 6.41. The molecule has 0 radical (unpaired) electrons. The fourth-order valence-electron chi connectivity index (χ4n) is 2.48. The van der Waals surface area contributed by atoms with Crippen molar-refractivity contribution in [3.8, 4) is 6.07 Å². The lowest BCUT2D eigenvalue weighted by atomic mass is 9.85. The van der Waals surface area contributed by atoms with Crippen molar-refractivity contribution in [1.29, 1.82) is 5.26 Å². The first-order chi connectivity index (χ1) is 8.29. The number of aryl methyl sites for hydroxylation is 1. The van der Waals surface area contributed by atoms with Gasteiger partial charge in [-0.2, -0.15) is 10.4 Å². The van der Waals surface area contributed by atoms with Crippen molar-refractivity contribution in [2.45, 2.75) is 45.2 Å². The Balaban J connectivity index is 1.76. The molecule has 0 bridgehead atoms. The number of hydrogen-bond donors (Lipinski definition) is 1. The number of nitrogens with one attached hydrogen (secondary N) is 1. The smallest absolute Gasteiger partial charge is 0.0672 e. The first kappa shape index (κ1) is 12.1. The molecule has 2 unspecified atom stereocenters. The molecule has 2 atom stereocenters. The van der Waals surface area contributed by atoms with Crippen LogP contribution in [-0.2, 0) is 6.54 Å². The standard InChI is InChI=1S/C13H20N4/c1-11-9-16-17(10-11)7-6-15-13-5-3-2-4-12(13)8-14/h9-10,12-13,15H,2-7H2,1H3. The van der Waals surface area contributed by atoms with Gasteiger partial charge < -0.3 is 5.32 Å². The molecule has 92 valence electrons. The van der Waals surface area contributed by atoms with Crippen LogP contribution in [0.15, 0.2) is 12.4 Å². The molecule has 0 spiro atoms. The van der Waals surface area contributed by atoms with E-state index in [-0.39, 0.29) is 5.92 Å². The molecule has 17 heavy (non-hydrogen) atoms. The third-order valence-electron chi connectivity index (χ3n) is 3.44. The highest BCUT2D eigenvalue weighted by atomic mass is 15.3.